The van der Waals surface area contributed by atoms with Crippen LogP contribution in [0, 0.1) is 0 Å². The Hall–Kier alpha value is -2.61. The summed E-state index contributed by atoms with van der Waals surface area (Å²) in [6, 6.07) is 8.64. The van der Waals surface area contributed by atoms with Gasteiger partial charge >= 0.3 is 0 Å². The molecule has 2 heteroatoms. The van der Waals surface area contributed by atoms with E-state index in [1.165, 1.54) is 48.6 Å². The van der Waals surface area contributed by atoms with Gasteiger partial charge in [-0.25, -0.2) is 4.39 Å². The summed E-state index contributed by atoms with van der Waals surface area (Å²) in [5.41, 5.74) is 3.83. The van der Waals surface area contributed by atoms with Crippen molar-refractivity contribution < 1.29 is 9.50 Å². The SMILES string of the molecule is C=C(O)/C=C\C(=C)C(=C)/C(F)=C\C(=C)CCc1ccc(CCCCC)cc1. The lowest BCUT2D eigenvalue weighted by Crippen LogP contribution is -1.91. The average molecular weight is 367 g/mol. The summed E-state index contributed by atoms with van der Waals surface area (Å²) in [6.07, 6.45) is 10.6. The third-order valence-electron chi connectivity index (χ3n) is 4.31. The van der Waals surface area contributed by atoms with Crippen molar-refractivity contribution in [3.63, 3.8) is 0 Å². The highest BCUT2D eigenvalue weighted by molar-refractivity contribution is 5.48. The molecule has 27 heavy (non-hydrogen) atoms. The van der Waals surface area contributed by atoms with Crippen LogP contribution in [0.15, 0.2) is 97.1 Å². The monoisotopic (exact) mass is 366 g/mol. The lowest BCUT2D eigenvalue weighted by Gasteiger charge is -2.06. The maximum atomic E-state index is 14.3. The zero-order valence-electron chi connectivity index (χ0n) is 16.4. The molecule has 0 bridgehead atoms. The van der Waals surface area contributed by atoms with Gasteiger partial charge in [-0.2, -0.15) is 0 Å². The molecule has 0 aliphatic rings. The van der Waals surface area contributed by atoms with Crippen LogP contribution in [0.3, 0.4) is 0 Å². The van der Waals surface area contributed by atoms with Gasteiger partial charge in [-0.3, -0.25) is 0 Å². The van der Waals surface area contributed by atoms with Crippen LogP contribution >= 0.6 is 0 Å². The quantitative estimate of drug-likeness (QED) is 0.231. The molecule has 0 amide bonds. The van der Waals surface area contributed by atoms with Crippen molar-refractivity contribution in [1.82, 2.24) is 0 Å². The normalized spacial score (nSPS) is 11.6. The molecule has 1 aromatic rings. The predicted octanol–water partition coefficient (Wildman–Crippen LogP) is 7.50. The maximum absolute atomic E-state index is 14.3. The molecule has 1 rings (SSSR count). The summed E-state index contributed by atoms with van der Waals surface area (Å²) in [7, 11) is 0. The van der Waals surface area contributed by atoms with E-state index in [0.717, 1.165) is 12.8 Å². The van der Waals surface area contributed by atoms with Crippen LogP contribution in [-0.2, 0) is 12.8 Å². The van der Waals surface area contributed by atoms with E-state index in [-0.39, 0.29) is 11.3 Å². The highest BCUT2D eigenvalue weighted by atomic mass is 19.1. The van der Waals surface area contributed by atoms with Crippen molar-refractivity contribution in [2.45, 2.75) is 45.4 Å². The van der Waals surface area contributed by atoms with Crippen LogP contribution < -0.4 is 0 Å². The minimum absolute atomic E-state index is 0.117. The van der Waals surface area contributed by atoms with Crippen molar-refractivity contribution in [1.29, 1.82) is 0 Å². The van der Waals surface area contributed by atoms with Crippen LogP contribution in [-0.4, -0.2) is 5.11 Å². The lowest BCUT2D eigenvalue weighted by molar-refractivity contribution is 0.435. The number of aryl methyl sites for hydroxylation is 2. The summed E-state index contributed by atoms with van der Waals surface area (Å²) in [6.45, 7) is 16.9. The zero-order valence-corrected chi connectivity index (χ0v) is 16.4. The van der Waals surface area contributed by atoms with Gasteiger partial charge in [-0.05, 0) is 54.5 Å². The van der Waals surface area contributed by atoms with Crippen molar-refractivity contribution in [3.8, 4) is 0 Å². The van der Waals surface area contributed by atoms with Gasteiger partial charge in [0.1, 0.15) is 11.6 Å². The Kier molecular flexibility index (Phi) is 9.89. The first-order valence-electron chi connectivity index (χ1n) is 9.40. The molecular formula is C25H31FO. The van der Waals surface area contributed by atoms with Gasteiger partial charge < -0.3 is 5.11 Å². The number of aliphatic hydroxyl groups is 1. The Morgan fingerprint density at radius 1 is 0.963 bits per heavy atom. The second-order valence-corrected chi connectivity index (χ2v) is 6.75. The minimum Gasteiger partial charge on any atom is -0.509 e. The third kappa shape index (κ3) is 9.05. The lowest BCUT2D eigenvalue weighted by atomic mass is 10.0. The second-order valence-electron chi connectivity index (χ2n) is 6.75. The Balaban J connectivity index is 2.53. The van der Waals surface area contributed by atoms with Gasteiger partial charge in [-0.1, -0.05) is 82.0 Å². The number of aliphatic hydroxyl groups excluding tert-OH is 1. The van der Waals surface area contributed by atoms with E-state index in [1.807, 2.05) is 0 Å². The number of unbranched alkanes of at least 4 members (excludes halogenated alkanes) is 2. The van der Waals surface area contributed by atoms with Gasteiger partial charge in [0.2, 0.25) is 0 Å². The Morgan fingerprint density at radius 2 is 1.56 bits per heavy atom. The first kappa shape index (κ1) is 22.4. The summed E-state index contributed by atoms with van der Waals surface area (Å²) in [5.74, 6) is -0.585. The molecule has 1 aromatic carbocycles. The molecule has 0 spiro atoms. The molecule has 1 N–H and O–H groups in total. The Labute approximate surface area is 163 Å². The van der Waals surface area contributed by atoms with Crippen molar-refractivity contribution in [3.05, 3.63) is 108 Å². The van der Waals surface area contributed by atoms with Crippen LogP contribution in [0.4, 0.5) is 4.39 Å². The van der Waals surface area contributed by atoms with Gasteiger partial charge in [0, 0.05) is 5.57 Å². The average Bonchev–Trinajstić information content (AvgIpc) is 2.64. The summed E-state index contributed by atoms with van der Waals surface area (Å²) < 4.78 is 14.3. The number of benzene rings is 1. The highest BCUT2D eigenvalue weighted by Gasteiger charge is 2.05. The molecule has 0 aliphatic carbocycles. The molecular weight excluding hydrogens is 335 g/mol. The first-order chi connectivity index (χ1) is 12.8. The van der Waals surface area contributed by atoms with Crippen molar-refractivity contribution >= 4 is 0 Å². The van der Waals surface area contributed by atoms with Crippen LogP contribution in [0.2, 0.25) is 0 Å². The number of hydrogen-bond acceptors (Lipinski definition) is 1. The Bertz CT molecular complexity index is 732. The third-order valence-corrected chi connectivity index (χ3v) is 4.31. The zero-order chi connectivity index (χ0) is 20.2. The molecule has 0 saturated heterocycles. The van der Waals surface area contributed by atoms with Gasteiger partial charge in [0.05, 0.1) is 0 Å². The smallest absolute Gasteiger partial charge is 0.130 e. The van der Waals surface area contributed by atoms with Crippen LogP contribution in [0.1, 0.15) is 43.7 Å². The van der Waals surface area contributed by atoms with Gasteiger partial charge in [-0.15, -0.1) is 0 Å². The predicted molar refractivity (Wildman–Crippen MR) is 116 cm³/mol. The van der Waals surface area contributed by atoms with E-state index in [9.17, 15) is 4.39 Å². The van der Waals surface area contributed by atoms with E-state index < -0.39 is 5.83 Å². The van der Waals surface area contributed by atoms with Crippen molar-refractivity contribution in [2.24, 2.45) is 0 Å². The van der Waals surface area contributed by atoms with Crippen LogP contribution in [0.5, 0.6) is 0 Å². The maximum Gasteiger partial charge on any atom is 0.130 e. The van der Waals surface area contributed by atoms with E-state index in [0.29, 0.717) is 17.6 Å². The second kappa shape index (κ2) is 11.9. The topological polar surface area (TPSA) is 20.2 Å². The number of hydrogen-bond donors (Lipinski definition) is 1. The van der Waals surface area contributed by atoms with Crippen molar-refractivity contribution in [2.75, 3.05) is 0 Å². The molecule has 0 heterocycles. The molecule has 0 fully saturated rings. The molecule has 144 valence electrons. The van der Waals surface area contributed by atoms with E-state index in [1.54, 1.807) is 0 Å². The van der Waals surface area contributed by atoms with E-state index in [4.69, 9.17) is 5.11 Å². The first-order valence-corrected chi connectivity index (χ1v) is 9.40. The largest absolute Gasteiger partial charge is 0.509 e. The van der Waals surface area contributed by atoms with Crippen LogP contribution in [0.25, 0.3) is 0 Å². The molecule has 0 atom stereocenters. The number of rotatable bonds is 12. The molecule has 0 unspecified atom stereocenters. The van der Waals surface area contributed by atoms with Gasteiger partial charge in [0.25, 0.3) is 0 Å². The fourth-order valence-electron chi connectivity index (χ4n) is 2.55. The molecule has 0 radical (unpaired) electrons. The molecule has 0 aliphatic heterocycles. The summed E-state index contributed by atoms with van der Waals surface area (Å²) >= 11 is 0. The standard InChI is InChI=1S/C25H31FO/c1-6-7-8-9-23-14-16-24(17-15-23)13-10-19(2)18-25(26)22(5)20(3)11-12-21(4)27/h11-12,14-18,27H,2-10,13H2,1H3/b12-11-,25-18+. The number of allylic oxidation sites excluding steroid dienone is 7. The number of halogens is 1. The van der Waals surface area contributed by atoms with Gasteiger partial charge in [0.15, 0.2) is 0 Å². The Morgan fingerprint density at radius 3 is 2.11 bits per heavy atom. The highest BCUT2D eigenvalue weighted by Crippen LogP contribution is 2.21. The summed E-state index contributed by atoms with van der Waals surface area (Å²) in [4.78, 5) is 0. The van der Waals surface area contributed by atoms with E-state index >= 15 is 0 Å². The van der Waals surface area contributed by atoms with E-state index in [2.05, 4.69) is 57.5 Å². The molecule has 0 saturated carbocycles. The fraction of sp³-hybridized carbons (Fsp3) is 0.280. The molecule has 0 aromatic heterocycles. The summed E-state index contributed by atoms with van der Waals surface area (Å²) in [5, 5.41) is 9.04. The molecule has 1 nitrogen and oxygen atoms in total. The minimum atomic E-state index is -0.468. The fourth-order valence-corrected chi connectivity index (χ4v) is 2.55.